The molecule has 2 N–H and O–H groups in total. The molecule has 0 aromatic rings. The zero-order valence-electron chi connectivity index (χ0n) is 12.0. The van der Waals surface area contributed by atoms with Gasteiger partial charge in [0.2, 0.25) is 0 Å². The SMILES string of the molecule is CCC(CSC)N(C)CC1(N)CCCC(C)C1. The van der Waals surface area contributed by atoms with E-state index in [0.717, 1.165) is 12.5 Å². The van der Waals surface area contributed by atoms with Crippen LogP contribution >= 0.6 is 11.8 Å². The predicted octanol–water partition coefficient (Wildman–Crippen LogP) is 2.97. The molecule has 0 amide bonds. The van der Waals surface area contributed by atoms with E-state index in [1.54, 1.807) is 0 Å². The Morgan fingerprint density at radius 2 is 2.24 bits per heavy atom. The van der Waals surface area contributed by atoms with Crippen LogP contribution in [0.4, 0.5) is 0 Å². The molecule has 1 fully saturated rings. The van der Waals surface area contributed by atoms with Crippen molar-refractivity contribution in [1.82, 2.24) is 4.90 Å². The van der Waals surface area contributed by atoms with Gasteiger partial charge in [-0.05, 0) is 38.5 Å². The second-order valence-electron chi connectivity index (χ2n) is 6.00. The Balaban J connectivity index is 2.50. The van der Waals surface area contributed by atoms with Crippen LogP contribution in [0.5, 0.6) is 0 Å². The average Bonchev–Trinajstić information content (AvgIpc) is 2.24. The summed E-state index contributed by atoms with van der Waals surface area (Å²) >= 11 is 1.94. The van der Waals surface area contributed by atoms with Crippen LogP contribution in [0.1, 0.15) is 46.0 Å². The van der Waals surface area contributed by atoms with Crippen LogP contribution in [0.25, 0.3) is 0 Å². The van der Waals surface area contributed by atoms with Crippen LogP contribution in [0, 0.1) is 5.92 Å². The van der Waals surface area contributed by atoms with Crippen molar-refractivity contribution >= 4 is 11.8 Å². The van der Waals surface area contributed by atoms with Crippen LogP contribution in [-0.2, 0) is 0 Å². The van der Waals surface area contributed by atoms with Crippen LogP contribution in [0.15, 0.2) is 0 Å². The van der Waals surface area contributed by atoms with Gasteiger partial charge in [0.25, 0.3) is 0 Å². The van der Waals surface area contributed by atoms with E-state index in [2.05, 4.69) is 32.1 Å². The maximum Gasteiger partial charge on any atom is 0.0285 e. The van der Waals surface area contributed by atoms with E-state index in [-0.39, 0.29) is 5.54 Å². The smallest absolute Gasteiger partial charge is 0.0285 e. The van der Waals surface area contributed by atoms with Crippen molar-refractivity contribution in [1.29, 1.82) is 0 Å². The topological polar surface area (TPSA) is 29.3 Å². The standard InChI is InChI=1S/C14H30N2S/c1-5-13(10-17-4)16(3)11-14(15)8-6-7-12(2)9-14/h12-13H,5-11,15H2,1-4H3. The normalized spacial score (nSPS) is 31.8. The second kappa shape index (κ2) is 7.01. The third-order valence-corrected chi connectivity index (χ3v) is 4.86. The van der Waals surface area contributed by atoms with Crippen molar-refractivity contribution in [3.63, 3.8) is 0 Å². The quantitative estimate of drug-likeness (QED) is 0.794. The summed E-state index contributed by atoms with van der Waals surface area (Å²) in [5.74, 6) is 2.03. The highest BCUT2D eigenvalue weighted by atomic mass is 32.2. The van der Waals surface area contributed by atoms with E-state index in [1.807, 2.05) is 11.8 Å². The largest absolute Gasteiger partial charge is 0.324 e. The summed E-state index contributed by atoms with van der Waals surface area (Å²) in [4.78, 5) is 2.49. The van der Waals surface area contributed by atoms with Gasteiger partial charge in [0.05, 0.1) is 0 Å². The fourth-order valence-corrected chi connectivity index (χ4v) is 4.09. The molecule has 1 aliphatic rings. The van der Waals surface area contributed by atoms with Crippen molar-refractivity contribution < 1.29 is 0 Å². The number of nitrogens with zero attached hydrogens (tertiary/aromatic N) is 1. The lowest BCUT2D eigenvalue weighted by Gasteiger charge is -2.41. The minimum Gasteiger partial charge on any atom is -0.324 e. The van der Waals surface area contributed by atoms with Crippen LogP contribution < -0.4 is 5.73 Å². The van der Waals surface area contributed by atoms with E-state index < -0.39 is 0 Å². The van der Waals surface area contributed by atoms with Gasteiger partial charge in [0.15, 0.2) is 0 Å². The molecule has 102 valence electrons. The molecule has 3 unspecified atom stereocenters. The van der Waals surface area contributed by atoms with Crippen LogP contribution in [-0.4, -0.2) is 42.1 Å². The Hall–Kier alpha value is 0.270. The van der Waals surface area contributed by atoms with Gasteiger partial charge in [-0.15, -0.1) is 0 Å². The Bertz CT molecular complexity index is 222. The molecule has 0 aromatic heterocycles. The van der Waals surface area contributed by atoms with Crippen molar-refractivity contribution in [3.8, 4) is 0 Å². The highest BCUT2D eigenvalue weighted by Gasteiger charge is 2.33. The summed E-state index contributed by atoms with van der Waals surface area (Å²) in [7, 11) is 2.25. The summed E-state index contributed by atoms with van der Waals surface area (Å²) in [6.45, 7) is 5.69. The van der Waals surface area contributed by atoms with Gasteiger partial charge in [-0.3, -0.25) is 0 Å². The molecule has 0 radical (unpaired) electrons. The van der Waals surface area contributed by atoms with Crippen LogP contribution in [0.3, 0.4) is 0 Å². The third-order valence-electron chi connectivity index (χ3n) is 4.14. The number of thioether (sulfide) groups is 1. The molecule has 0 heterocycles. The molecule has 17 heavy (non-hydrogen) atoms. The molecular formula is C14H30N2S. The molecule has 0 bridgehead atoms. The highest BCUT2D eigenvalue weighted by molar-refractivity contribution is 7.98. The van der Waals surface area contributed by atoms with E-state index in [0.29, 0.717) is 6.04 Å². The summed E-state index contributed by atoms with van der Waals surface area (Å²) in [5, 5.41) is 0. The van der Waals surface area contributed by atoms with Crippen molar-refractivity contribution in [3.05, 3.63) is 0 Å². The first kappa shape index (κ1) is 15.3. The van der Waals surface area contributed by atoms with Gasteiger partial charge < -0.3 is 10.6 Å². The first-order valence-electron chi connectivity index (χ1n) is 6.99. The summed E-state index contributed by atoms with van der Waals surface area (Å²) in [6, 6.07) is 0.683. The monoisotopic (exact) mass is 258 g/mol. The molecule has 3 atom stereocenters. The lowest BCUT2D eigenvalue weighted by molar-refractivity contribution is 0.143. The number of hydrogen-bond acceptors (Lipinski definition) is 3. The Labute approximate surface area is 112 Å². The van der Waals surface area contributed by atoms with Gasteiger partial charge in [-0.2, -0.15) is 11.8 Å². The van der Waals surface area contributed by atoms with Gasteiger partial charge in [0, 0.05) is 23.9 Å². The summed E-state index contributed by atoms with van der Waals surface area (Å²) < 4.78 is 0. The summed E-state index contributed by atoms with van der Waals surface area (Å²) in [5.41, 5.74) is 6.66. The molecule has 0 aliphatic heterocycles. The van der Waals surface area contributed by atoms with E-state index in [1.165, 1.54) is 37.9 Å². The molecule has 1 rings (SSSR count). The lowest BCUT2D eigenvalue weighted by Crippen LogP contribution is -2.54. The van der Waals surface area contributed by atoms with Crippen molar-refractivity contribution in [2.75, 3.05) is 25.6 Å². The fourth-order valence-electron chi connectivity index (χ4n) is 3.22. The van der Waals surface area contributed by atoms with E-state index in [4.69, 9.17) is 5.73 Å². The summed E-state index contributed by atoms with van der Waals surface area (Å²) in [6.07, 6.45) is 8.50. The van der Waals surface area contributed by atoms with Crippen LogP contribution in [0.2, 0.25) is 0 Å². The lowest BCUT2D eigenvalue weighted by atomic mass is 9.76. The first-order chi connectivity index (χ1) is 8.00. The van der Waals surface area contributed by atoms with Crippen molar-refractivity contribution in [2.45, 2.75) is 57.5 Å². The molecule has 0 saturated heterocycles. The maximum atomic E-state index is 6.59. The Morgan fingerprint density at radius 3 is 2.76 bits per heavy atom. The average molecular weight is 258 g/mol. The van der Waals surface area contributed by atoms with E-state index >= 15 is 0 Å². The molecule has 0 spiro atoms. The third kappa shape index (κ3) is 4.80. The maximum absolute atomic E-state index is 6.59. The fraction of sp³-hybridized carbons (Fsp3) is 1.00. The van der Waals surface area contributed by atoms with Gasteiger partial charge in [-0.1, -0.05) is 26.7 Å². The molecular weight excluding hydrogens is 228 g/mol. The molecule has 0 aromatic carbocycles. The first-order valence-corrected chi connectivity index (χ1v) is 8.38. The Morgan fingerprint density at radius 1 is 1.53 bits per heavy atom. The second-order valence-corrected chi connectivity index (χ2v) is 6.91. The zero-order chi connectivity index (χ0) is 12.9. The highest BCUT2D eigenvalue weighted by Crippen LogP contribution is 2.31. The number of hydrogen-bond donors (Lipinski definition) is 1. The minimum absolute atomic E-state index is 0.0677. The molecule has 1 saturated carbocycles. The van der Waals surface area contributed by atoms with Gasteiger partial charge in [0.1, 0.15) is 0 Å². The predicted molar refractivity (Wildman–Crippen MR) is 79.6 cm³/mol. The van der Waals surface area contributed by atoms with Gasteiger partial charge in [-0.25, -0.2) is 0 Å². The molecule has 1 aliphatic carbocycles. The Kier molecular flexibility index (Phi) is 6.32. The van der Waals surface area contributed by atoms with E-state index in [9.17, 15) is 0 Å². The number of nitrogens with two attached hydrogens (primary N) is 1. The number of likely N-dealkylation sites (N-methyl/N-ethyl adjacent to an activating group) is 1. The zero-order valence-corrected chi connectivity index (χ0v) is 12.9. The minimum atomic E-state index is 0.0677. The molecule has 3 heteroatoms. The van der Waals surface area contributed by atoms with Crippen molar-refractivity contribution in [2.24, 2.45) is 11.7 Å². The molecule has 2 nitrogen and oxygen atoms in total. The number of rotatable bonds is 6. The van der Waals surface area contributed by atoms with Gasteiger partial charge >= 0.3 is 0 Å².